The maximum absolute atomic E-state index is 12.7. The van der Waals surface area contributed by atoms with Crippen molar-refractivity contribution in [3.8, 4) is 11.1 Å². The topological polar surface area (TPSA) is 86.7 Å². The third kappa shape index (κ3) is 3.62. The molecule has 2 heterocycles. The first-order chi connectivity index (χ1) is 14.0. The lowest BCUT2D eigenvalue weighted by Crippen LogP contribution is -2.38. The Morgan fingerprint density at radius 1 is 1.07 bits per heavy atom. The Bertz CT molecular complexity index is 1120. The number of fused-ring (bicyclic) bond motifs is 1. The summed E-state index contributed by atoms with van der Waals surface area (Å²) in [5, 5.41) is 14.4. The van der Waals surface area contributed by atoms with Gasteiger partial charge in [0.25, 0.3) is 0 Å². The number of halogens is 1. The maximum atomic E-state index is 12.7. The second kappa shape index (κ2) is 7.69. The van der Waals surface area contributed by atoms with Gasteiger partial charge in [-0.2, -0.15) is 0 Å². The zero-order chi connectivity index (χ0) is 20.5. The van der Waals surface area contributed by atoms with E-state index in [1.807, 2.05) is 18.2 Å². The highest BCUT2D eigenvalue weighted by atomic mass is 35.5. The van der Waals surface area contributed by atoms with Crippen LogP contribution in [0.2, 0.25) is 5.02 Å². The van der Waals surface area contributed by atoms with E-state index in [0.29, 0.717) is 34.8 Å². The van der Waals surface area contributed by atoms with Crippen LogP contribution in [-0.4, -0.2) is 29.4 Å². The first-order valence-corrected chi connectivity index (χ1v) is 10.0. The van der Waals surface area contributed by atoms with E-state index in [0.717, 1.165) is 16.9 Å². The van der Waals surface area contributed by atoms with Crippen LogP contribution < -0.4 is 10.2 Å². The van der Waals surface area contributed by atoms with E-state index in [4.69, 9.17) is 11.6 Å². The number of thiophene rings is 1. The van der Waals surface area contributed by atoms with Crippen LogP contribution in [0.1, 0.15) is 15.9 Å². The molecule has 1 aliphatic rings. The van der Waals surface area contributed by atoms with Gasteiger partial charge in [-0.3, -0.25) is 9.59 Å². The molecule has 2 aromatic carbocycles. The molecule has 3 aromatic rings. The van der Waals surface area contributed by atoms with Gasteiger partial charge in [0, 0.05) is 28.2 Å². The number of aromatic carboxylic acids is 1. The summed E-state index contributed by atoms with van der Waals surface area (Å²) in [5.74, 6) is -2.77. The van der Waals surface area contributed by atoms with Gasteiger partial charge in [-0.25, -0.2) is 4.79 Å². The van der Waals surface area contributed by atoms with Crippen molar-refractivity contribution in [1.82, 2.24) is 0 Å². The molecule has 1 aromatic heterocycles. The number of nitrogens with zero attached hydrogens (tertiary/aromatic N) is 1. The number of rotatable bonds is 3. The first kappa shape index (κ1) is 19.2. The van der Waals surface area contributed by atoms with Gasteiger partial charge in [0.05, 0.1) is 0 Å². The van der Waals surface area contributed by atoms with Crippen LogP contribution >= 0.6 is 22.9 Å². The molecule has 0 bridgehead atoms. The van der Waals surface area contributed by atoms with Crippen LogP contribution in [0.4, 0.5) is 10.7 Å². The monoisotopic (exact) mass is 426 g/mol. The predicted octanol–water partition coefficient (Wildman–Crippen LogP) is 4.29. The van der Waals surface area contributed by atoms with Crippen LogP contribution in [0.5, 0.6) is 0 Å². The lowest BCUT2D eigenvalue weighted by atomic mass is 10.0. The van der Waals surface area contributed by atoms with Crippen molar-refractivity contribution >= 4 is 51.4 Å². The molecule has 8 heteroatoms. The molecule has 0 spiro atoms. The standard InChI is InChI=1S/C21H15ClN2O4S/c22-14-7-5-12(6-8-14)15-11-29-19(17(15)21(27)28)23-18(25)20(26)24-10-9-13-3-1-2-4-16(13)24/h1-8,11H,9-10H2,(H,23,25)(H,27,28). The SMILES string of the molecule is O=C(Nc1scc(-c2ccc(Cl)cc2)c1C(=O)O)C(=O)N1CCc2ccccc21. The molecule has 6 nitrogen and oxygen atoms in total. The summed E-state index contributed by atoms with van der Waals surface area (Å²) in [5.41, 5.74) is 2.76. The first-order valence-electron chi connectivity index (χ1n) is 8.77. The molecule has 0 aliphatic carbocycles. The summed E-state index contributed by atoms with van der Waals surface area (Å²) >= 11 is 6.96. The molecule has 1 aliphatic heterocycles. The van der Waals surface area contributed by atoms with Crippen molar-refractivity contribution in [2.45, 2.75) is 6.42 Å². The number of para-hydroxylation sites is 1. The number of hydrogen-bond donors (Lipinski definition) is 2. The molecule has 146 valence electrons. The number of amides is 2. The summed E-state index contributed by atoms with van der Waals surface area (Å²) in [7, 11) is 0. The second-order valence-electron chi connectivity index (χ2n) is 6.46. The minimum absolute atomic E-state index is 0.0553. The van der Waals surface area contributed by atoms with E-state index in [1.54, 1.807) is 35.7 Å². The summed E-state index contributed by atoms with van der Waals surface area (Å²) in [4.78, 5) is 38.5. The molecule has 0 atom stereocenters. The van der Waals surface area contributed by atoms with Gasteiger partial charge in [-0.1, -0.05) is 41.9 Å². The van der Waals surface area contributed by atoms with Crippen molar-refractivity contribution in [2.75, 3.05) is 16.8 Å². The van der Waals surface area contributed by atoms with E-state index in [9.17, 15) is 19.5 Å². The number of nitrogens with one attached hydrogen (secondary N) is 1. The number of hydrogen-bond acceptors (Lipinski definition) is 4. The molecule has 29 heavy (non-hydrogen) atoms. The summed E-state index contributed by atoms with van der Waals surface area (Å²) in [6, 6.07) is 14.1. The normalized spacial score (nSPS) is 12.5. The fourth-order valence-electron chi connectivity index (χ4n) is 3.33. The van der Waals surface area contributed by atoms with E-state index < -0.39 is 17.8 Å². The fraction of sp³-hybridized carbons (Fsp3) is 0.0952. The molecule has 4 rings (SSSR count). The van der Waals surface area contributed by atoms with Gasteiger partial charge in [-0.05, 0) is 35.7 Å². The molecule has 2 amide bonds. The smallest absolute Gasteiger partial charge is 0.339 e. The Labute approximate surface area is 175 Å². The largest absolute Gasteiger partial charge is 0.478 e. The van der Waals surface area contributed by atoms with Gasteiger partial charge in [0.1, 0.15) is 10.6 Å². The van der Waals surface area contributed by atoms with E-state index in [1.165, 1.54) is 4.90 Å². The molecule has 0 unspecified atom stereocenters. The number of carboxylic acids is 1. The van der Waals surface area contributed by atoms with Crippen LogP contribution in [0, 0.1) is 0 Å². The second-order valence-corrected chi connectivity index (χ2v) is 7.77. The summed E-state index contributed by atoms with van der Waals surface area (Å²) < 4.78 is 0. The number of benzene rings is 2. The highest BCUT2D eigenvalue weighted by Crippen LogP contribution is 2.36. The minimum Gasteiger partial charge on any atom is -0.478 e. The number of carbonyl (C=O) groups is 3. The third-order valence-corrected chi connectivity index (χ3v) is 5.86. The summed E-state index contributed by atoms with van der Waals surface area (Å²) in [6.07, 6.45) is 0.676. The zero-order valence-electron chi connectivity index (χ0n) is 15.0. The fourth-order valence-corrected chi connectivity index (χ4v) is 4.41. The van der Waals surface area contributed by atoms with Gasteiger partial charge in [-0.15, -0.1) is 11.3 Å². The lowest BCUT2D eigenvalue weighted by Gasteiger charge is -2.16. The van der Waals surface area contributed by atoms with Crippen LogP contribution in [0.25, 0.3) is 11.1 Å². The summed E-state index contributed by atoms with van der Waals surface area (Å²) in [6.45, 7) is 0.415. The average Bonchev–Trinajstić information content (AvgIpc) is 3.32. The van der Waals surface area contributed by atoms with Crippen LogP contribution in [0.3, 0.4) is 0 Å². The highest BCUT2D eigenvalue weighted by Gasteiger charge is 2.30. The molecule has 0 radical (unpaired) electrons. The van der Waals surface area contributed by atoms with Crippen molar-refractivity contribution in [1.29, 1.82) is 0 Å². The lowest BCUT2D eigenvalue weighted by molar-refractivity contribution is -0.134. The number of carboxylic acid groups (broad SMARTS) is 1. The quantitative estimate of drug-likeness (QED) is 0.611. The van der Waals surface area contributed by atoms with Crippen molar-refractivity contribution in [3.63, 3.8) is 0 Å². The van der Waals surface area contributed by atoms with Crippen LogP contribution in [0.15, 0.2) is 53.9 Å². The Morgan fingerprint density at radius 3 is 2.52 bits per heavy atom. The average molecular weight is 427 g/mol. The number of anilines is 2. The Hall–Kier alpha value is -3.16. The Balaban J connectivity index is 1.60. The third-order valence-electron chi connectivity index (χ3n) is 4.71. The molecular formula is C21H15ClN2O4S. The van der Waals surface area contributed by atoms with Crippen LogP contribution in [-0.2, 0) is 16.0 Å². The van der Waals surface area contributed by atoms with Crippen molar-refractivity contribution in [2.24, 2.45) is 0 Å². The molecule has 0 saturated heterocycles. The van der Waals surface area contributed by atoms with Gasteiger partial charge < -0.3 is 15.3 Å². The minimum atomic E-state index is -1.19. The zero-order valence-corrected chi connectivity index (χ0v) is 16.6. The van der Waals surface area contributed by atoms with E-state index in [2.05, 4.69) is 5.32 Å². The van der Waals surface area contributed by atoms with E-state index >= 15 is 0 Å². The predicted molar refractivity (Wildman–Crippen MR) is 113 cm³/mol. The van der Waals surface area contributed by atoms with Gasteiger partial charge in [0.15, 0.2) is 0 Å². The molecular weight excluding hydrogens is 412 g/mol. The maximum Gasteiger partial charge on any atom is 0.339 e. The molecule has 0 fully saturated rings. The Morgan fingerprint density at radius 2 is 1.79 bits per heavy atom. The highest BCUT2D eigenvalue weighted by molar-refractivity contribution is 7.15. The van der Waals surface area contributed by atoms with Gasteiger partial charge >= 0.3 is 17.8 Å². The van der Waals surface area contributed by atoms with Crippen molar-refractivity contribution < 1.29 is 19.5 Å². The molecule has 0 saturated carbocycles. The van der Waals surface area contributed by atoms with Gasteiger partial charge in [0.2, 0.25) is 0 Å². The number of carbonyl (C=O) groups excluding carboxylic acids is 2. The van der Waals surface area contributed by atoms with E-state index in [-0.39, 0.29) is 10.6 Å². The molecule has 2 N–H and O–H groups in total. The van der Waals surface area contributed by atoms with Crippen molar-refractivity contribution in [3.05, 3.63) is 70.1 Å². The Kier molecular flexibility index (Phi) is 5.08.